The molecule has 4 aromatic heterocycles. The summed E-state index contributed by atoms with van der Waals surface area (Å²) in [5.74, 6) is 1.08. The molecule has 0 bridgehead atoms. The molecule has 5 aromatic rings. The van der Waals surface area contributed by atoms with Gasteiger partial charge in [-0.1, -0.05) is 59.9 Å². The van der Waals surface area contributed by atoms with Crippen LogP contribution >= 0.6 is 11.3 Å². The van der Waals surface area contributed by atoms with Crippen molar-refractivity contribution in [3.8, 4) is 11.1 Å². The minimum atomic E-state index is -0.535. The molecule has 1 N–H and O–H groups in total. The molecule has 1 saturated carbocycles. The van der Waals surface area contributed by atoms with Crippen LogP contribution in [0.25, 0.3) is 32.4 Å². The topological polar surface area (TPSA) is 126 Å². The van der Waals surface area contributed by atoms with E-state index >= 15 is 0 Å². The van der Waals surface area contributed by atoms with Gasteiger partial charge in [0.05, 0.1) is 24.1 Å². The summed E-state index contributed by atoms with van der Waals surface area (Å²) < 4.78 is 20.0. The Morgan fingerprint density at radius 3 is 2.62 bits per heavy atom. The quantitative estimate of drug-likeness (QED) is 0.0601. The van der Waals surface area contributed by atoms with Crippen LogP contribution < -0.4 is 10.7 Å². The number of methoxy groups -OCH3 is 1. The molecular weight excluding hydrogens is 677 g/mol. The van der Waals surface area contributed by atoms with Crippen LogP contribution in [0.3, 0.4) is 0 Å². The van der Waals surface area contributed by atoms with Crippen LogP contribution in [-0.2, 0) is 9.47 Å². The second-order valence-corrected chi connectivity index (χ2v) is 15.2. The standard InChI is InChI=1S/C41H50N4O6S/c1-7-16-50-17-15-25(4)26(5)36-21-35(47)38-37(51-36)31(23-52-38)27-13-14-32(30(19-27)40(48)49-6)43-41-42-22-28-20-33(34(46)18-24(3)8-2)45(39(28)44-41)29-11-9-10-12-29/h13-14,19-26,29H,7-12,15-18H2,1-6H3,(H,42,43,44). The molecule has 0 spiro atoms. The Bertz CT molecular complexity index is 2110. The van der Waals surface area contributed by atoms with Gasteiger partial charge in [0.1, 0.15) is 16.1 Å². The van der Waals surface area contributed by atoms with Gasteiger partial charge in [0.25, 0.3) is 0 Å². The lowest BCUT2D eigenvalue weighted by molar-refractivity contribution is 0.0601. The molecule has 0 radical (unpaired) electrons. The number of nitrogens with zero attached hydrogens (tertiary/aromatic N) is 3. The zero-order chi connectivity index (χ0) is 36.9. The highest BCUT2D eigenvalue weighted by atomic mass is 32.1. The summed E-state index contributed by atoms with van der Waals surface area (Å²) in [4.78, 5) is 49.5. The van der Waals surface area contributed by atoms with Crippen molar-refractivity contribution >= 4 is 56.0 Å². The third kappa shape index (κ3) is 7.85. The molecule has 4 heterocycles. The maximum absolute atomic E-state index is 13.5. The van der Waals surface area contributed by atoms with Crippen molar-refractivity contribution in [2.45, 2.75) is 97.9 Å². The van der Waals surface area contributed by atoms with Crippen molar-refractivity contribution in [3.05, 3.63) is 69.1 Å². The average Bonchev–Trinajstić information content (AvgIpc) is 3.92. The number of rotatable bonds is 16. The molecule has 10 nitrogen and oxygen atoms in total. The van der Waals surface area contributed by atoms with Crippen molar-refractivity contribution in [3.63, 3.8) is 0 Å². The molecule has 0 saturated heterocycles. The number of ketones is 1. The molecule has 6 rings (SSSR count). The number of aromatic nitrogens is 3. The zero-order valence-electron chi connectivity index (χ0n) is 31.1. The van der Waals surface area contributed by atoms with E-state index in [9.17, 15) is 14.4 Å². The monoisotopic (exact) mass is 726 g/mol. The Morgan fingerprint density at radius 1 is 1.10 bits per heavy atom. The summed E-state index contributed by atoms with van der Waals surface area (Å²) in [7, 11) is 1.34. The first-order valence-corrected chi connectivity index (χ1v) is 19.5. The van der Waals surface area contributed by atoms with Gasteiger partial charge < -0.3 is 23.8 Å². The summed E-state index contributed by atoms with van der Waals surface area (Å²) in [6.07, 6.45) is 9.23. The number of ether oxygens (including phenoxy) is 2. The lowest BCUT2D eigenvalue weighted by atomic mass is 9.90. The number of carbonyl (C=O) groups excluding carboxylic acids is 2. The van der Waals surface area contributed by atoms with Crippen molar-refractivity contribution in [1.29, 1.82) is 0 Å². The van der Waals surface area contributed by atoms with Crippen LogP contribution in [0, 0.1) is 11.8 Å². The van der Waals surface area contributed by atoms with Crippen LogP contribution in [0.2, 0.25) is 0 Å². The van der Waals surface area contributed by atoms with Gasteiger partial charge in [-0.15, -0.1) is 11.3 Å². The number of thiophene rings is 1. The summed E-state index contributed by atoms with van der Waals surface area (Å²) in [5, 5.41) is 5.96. The zero-order valence-corrected chi connectivity index (χ0v) is 31.9. The highest BCUT2D eigenvalue weighted by molar-refractivity contribution is 7.17. The van der Waals surface area contributed by atoms with E-state index in [1.807, 2.05) is 17.5 Å². The number of hydrogen-bond donors (Lipinski definition) is 1. The maximum atomic E-state index is 13.5. The van der Waals surface area contributed by atoms with Gasteiger partial charge in [0.15, 0.2) is 11.4 Å². The number of hydrogen-bond acceptors (Lipinski definition) is 10. The molecule has 276 valence electrons. The van der Waals surface area contributed by atoms with Crippen LogP contribution in [0.1, 0.15) is 125 Å². The molecule has 52 heavy (non-hydrogen) atoms. The molecule has 3 atom stereocenters. The van der Waals surface area contributed by atoms with Crippen molar-refractivity contribution in [1.82, 2.24) is 14.5 Å². The van der Waals surface area contributed by atoms with E-state index in [0.717, 1.165) is 62.5 Å². The maximum Gasteiger partial charge on any atom is 0.339 e. The van der Waals surface area contributed by atoms with Crippen molar-refractivity contribution in [2.75, 3.05) is 25.6 Å². The van der Waals surface area contributed by atoms with Gasteiger partial charge >= 0.3 is 5.97 Å². The first-order valence-electron chi connectivity index (χ1n) is 18.7. The highest BCUT2D eigenvalue weighted by Crippen LogP contribution is 2.38. The minimum Gasteiger partial charge on any atom is -0.465 e. The van der Waals surface area contributed by atoms with Crippen molar-refractivity contribution in [2.24, 2.45) is 11.8 Å². The smallest absolute Gasteiger partial charge is 0.339 e. The SMILES string of the molecule is CCCOCCC(C)C(C)c1cc(=O)c2scc(-c3ccc(Nc4ncc5cc(C(=O)CC(C)CC)n(C6CCCC6)c5n4)c(C(=O)OC)c3)c2o1. The highest BCUT2D eigenvalue weighted by Gasteiger charge is 2.27. The fourth-order valence-electron chi connectivity index (χ4n) is 7.03. The second kappa shape index (κ2) is 16.5. The predicted molar refractivity (Wildman–Crippen MR) is 207 cm³/mol. The van der Waals surface area contributed by atoms with Gasteiger partial charge in [-0.05, 0) is 61.3 Å². The van der Waals surface area contributed by atoms with Gasteiger partial charge in [-0.25, -0.2) is 9.78 Å². The van der Waals surface area contributed by atoms with E-state index in [1.165, 1.54) is 18.4 Å². The number of anilines is 2. The van der Waals surface area contributed by atoms with Crippen LogP contribution in [0.4, 0.5) is 11.6 Å². The molecule has 3 unspecified atom stereocenters. The Kier molecular flexibility index (Phi) is 11.9. The normalized spacial score (nSPS) is 15.3. The van der Waals surface area contributed by atoms with Gasteiger partial charge in [-0.2, -0.15) is 4.98 Å². The van der Waals surface area contributed by atoms with Gasteiger partial charge in [0.2, 0.25) is 11.4 Å². The predicted octanol–water partition coefficient (Wildman–Crippen LogP) is 10.1. The van der Waals surface area contributed by atoms with E-state index < -0.39 is 5.97 Å². The summed E-state index contributed by atoms with van der Waals surface area (Å²) in [6, 6.07) is 9.14. The Labute approximate surface area is 308 Å². The lowest BCUT2D eigenvalue weighted by Crippen LogP contribution is -2.15. The molecule has 11 heteroatoms. The number of benzene rings is 1. The van der Waals surface area contributed by atoms with E-state index in [0.29, 0.717) is 63.5 Å². The summed E-state index contributed by atoms with van der Waals surface area (Å²) >= 11 is 1.33. The Morgan fingerprint density at radius 2 is 1.88 bits per heavy atom. The fraction of sp³-hybridized carbons (Fsp3) is 0.488. The van der Waals surface area contributed by atoms with Crippen LogP contribution in [0.5, 0.6) is 0 Å². The fourth-order valence-corrected chi connectivity index (χ4v) is 7.94. The third-order valence-electron chi connectivity index (χ3n) is 10.6. The molecule has 1 aliphatic rings. The number of carbonyl (C=O) groups is 2. The molecule has 1 aromatic carbocycles. The number of esters is 1. The van der Waals surface area contributed by atoms with Crippen LogP contribution in [0.15, 0.2) is 51.1 Å². The molecule has 0 aliphatic heterocycles. The van der Waals surface area contributed by atoms with Crippen molar-refractivity contribution < 1.29 is 23.5 Å². The molecule has 1 fully saturated rings. The second-order valence-electron chi connectivity index (χ2n) is 14.3. The summed E-state index contributed by atoms with van der Waals surface area (Å²) in [6.45, 7) is 11.9. The van der Waals surface area contributed by atoms with E-state index in [4.69, 9.17) is 18.9 Å². The number of nitrogens with one attached hydrogen (secondary N) is 1. The number of fused-ring (bicyclic) bond motifs is 2. The minimum absolute atomic E-state index is 0.00787. The average molecular weight is 727 g/mol. The largest absolute Gasteiger partial charge is 0.465 e. The first kappa shape index (κ1) is 37.4. The van der Waals surface area contributed by atoms with E-state index in [-0.39, 0.29) is 34.7 Å². The Hall–Kier alpha value is -4.35. The molecule has 1 aliphatic carbocycles. The molecule has 0 amide bonds. The Balaban J connectivity index is 1.33. The first-order chi connectivity index (χ1) is 25.1. The third-order valence-corrected chi connectivity index (χ3v) is 11.6. The molecular formula is C41H50N4O6S. The summed E-state index contributed by atoms with van der Waals surface area (Å²) in [5.41, 5.74) is 4.01. The van der Waals surface area contributed by atoms with Gasteiger partial charge in [0, 0.05) is 60.2 Å². The number of Topliss-reactive ketones (excluding diaryl/α,β-unsaturated/α-hetero) is 1. The van der Waals surface area contributed by atoms with E-state index in [1.54, 1.807) is 24.4 Å². The van der Waals surface area contributed by atoms with Crippen LogP contribution in [-0.4, -0.2) is 46.6 Å². The van der Waals surface area contributed by atoms with E-state index in [2.05, 4.69) is 49.5 Å². The van der Waals surface area contributed by atoms with Gasteiger partial charge in [-0.3, -0.25) is 9.59 Å². The lowest BCUT2D eigenvalue weighted by Gasteiger charge is -2.19.